The van der Waals surface area contributed by atoms with E-state index in [0.717, 1.165) is 14.6 Å². The first kappa shape index (κ1) is 14.6. The number of benzene rings is 2. The molecule has 1 aliphatic carbocycles. The van der Waals surface area contributed by atoms with E-state index in [0.29, 0.717) is 12.0 Å². The molecule has 0 bridgehead atoms. The van der Waals surface area contributed by atoms with Crippen LogP contribution in [-0.2, 0) is 0 Å². The van der Waals surface area contributed by atoms with Crippen molar-refractivity contribution in [1.82, 2.24) is 0 Å². The molecular weight excluding hydrogens is 446 g/mol. The Balaban J connectivity index is 1.62. The zero-order valence-corrected chi connectivity index (χ0v) is 15.5. The van der Waals surface area contributed by atoms with Crippen molar-refractivity contribution in [1.29, 1.82) is 0 Å². The zero-order valence-electron chi connectivity index (χ0n) is 10.7. The van der Waals surface area contributed by atoms with Crippen LogP contribution in [0.1, 0.15) is 24.3 Å². The van der Waals surface area contributed by atoms with Gasteiger partial charge in [0.05, 0.1) is 0 Å². The highest BCUT2D eigenvalue weighted by Gasteiger charge is 2.30. The minimum absolute atomic E-state index is 0.560. The molecule has 0 atom stereocenters. The summed E-state index contributed by atoms with van der Waals surface area (Å²) in [5.74, 6) is 0.677. The molecule has 1 aliphatic rings. The predicted molar refractivity (Wildman–Crippen MR) is 95.4 cm³/mol. The van der Waals surface area contributed by atoms with Crippen LogP contribution in [0.25, 0.3) is 0 Å². The number of anilines is 1. The second-order valence-corrected chi connectivity index (χ2v) is 7.87. The Morgan fingerprint density at radius 1 is 0.900 bits per heavy atom. The van der Waals surface area contributed by atoms with E-state index in [1.54, 1.807) is 0 Å². The number of hydrogen-bond acceptors (Lipinski definition) is 1. The predicted octanol–water partition coefficient (Wildman–Crippen LogP) is 6.33. The SMILES string of the molecule is Brc1cccc(C2CC(Nc3cc(Br)ccc3Br)C2)c1. The van der Waals surface area contributed by atoms with Gasteiger partial charge in [-0.05, 0) is 70.6 Å². The summed E-state index contributed by atoms with van der Waals surface area (Å²) >= 11 is 10.7. The molecule has 104 valence electrons. The first-order valence-corrected chi connectivity index (χ1v) is 8.97. The van der Waals surface area contributed by atoms with Gasteiger partial charge in [-0.1, -0.05) is 44.0 Å². The second kappa shape index (κ2) is 6.20. The summed E-state index contributed by atoms with van der Waals surface area (Å²) in [5.41, 5.74) is 2.60. The van der Waals surface area contributed by atoms with Gasteiger partial charge in [0.1, 0.15) is 0 Å². The Morgan fingerprint density at radius 2 is 1.65 bits per heavy atom. The summed E-state index contributed by atoms with van der Waals surface area (Å²) in [6, 6.07) is 15.4. The molecule has 0 unspecified atom stereocenters. The number of hydrogen-bond donors (Lipinski definition) is 1. The average Bonchev–Trinajstić information content (AvgIpc) is 2.37. The highest BCUT2D eigenvalue weighted by Crippen LogP contribution is 2.40. The Morgan fingerprint density at radius 3 is 2.40 bits per heavy atom. The zero-order chi connectivity index (χ0) is 14.1. The molecule has 0 radical (unpaired) electrons. The summed E-state index contributed by atoms with van der Waals surface area (Å²) in [5, 5.41) is 3.61. The minimum atomic E-state index is 0.560. The first-order valence-electron chi connectivity index (χ1n) is 6.59. The van der Waals surface area contributed by atoms with Crippen molar-refractivity contribution in [3.63, 3.8) is 0 Å². The molecule has 0 heterocycles. The number of rotatable bonds is 3. The summed E-state index contributed by atoms with van der Waals surface area (Å²) in [7, 11) is 0. The molecule has 0 saturated heterocycles. The molecule has 1 N–H and O–H groups in total. The number of halogens is 3. The lowest BCUT2D eigenvalue weighted by atomic mass is 9.76. The highest BCUT2D eigenvalue weighted by molar-refractivity contribution is 9.11. The van der Waals surface area contributed by atoms with Crippen molar-refractivity contribution < 1.29 is 0 Å². The van der Waals surface area contributed by atoms with Crippen molar-refractivity contribution in [2.75, 3.05) is 5.32 Å². The molecule has 3 rings (SSSR count). The van der Waals surface area contributed by atoms with E-state index in [1.165, 1.54) is 22.9 Å². The third-order valence-electron chi connectivity index (χ3n) is 3.75. The van der Waals surface area contributed by atoms with Crippen LogP contribution in [-0.4, -0.2) is 6.04 Å². The quantitative estimate of drug-likeness (QED) is 0.565. The minimum Gasteiger partial charge on any atom is -0.381 e. The molecule has 0 aromatic heterocycles. The molecule has 2 aromatic rings. The lowest BCUT2D eigenvalue weighted by Crippen LogP contribution is -2.34. The van der Waals surface area contributed by atoms with E-state index in [2.05, 4.69) is 89.5 Å². The van der Waals surface area contributed by atoms with Gasteiger partial charge in [-0.15, -0.1) is 0 Å². The van der Waals surface area contributed by atoms with E-state index in [-0.39, 0.29) is 0 Å². The second-order valence-electron chi connectivity index (χ2n) is 5.19. The molecule has 0 aliphatic heterocycles. The van der Waals surface area contributed by atoms with Gasteiger partial charge in [0, 0.05) is 25.1 Å². The van der Waals surface area contributed by atoms with Crippen LogP contribution >= 0.6 is 47.8 Å². The lowest BCUT2D eigenvalue weighted by Gasteiger charge is -2.37. The Hall–Kier alpha value is -0.320. The largest absolute Gasteiger partial charge is 0.381 e. The van der Waals surface area contributed by atoms with Crippen LogP contribution in [0.2, 0.25) is 0 Å². The maximum atomic E-state index is 3.61. The molecule has 1 fully saturated rings. The summed E-state index contributed by atoms with van der Waals surface area (Å²) < 4.78 is 3.39. The van der Waals surface area contributed by atoms with Crippen LogP contribution < -0.4 is 5.32 Å². The standard InChI is InChI=1S/C16H14Br3N/c17-12-3-1-2-10(6-12)11-7-14(8-11)20-16-9-13(18)4-5-15(16)19/h1-6,9,11,14,20H,7-8H2. The van der Waals surface area contributed by atoms with Gasteiger partial charge < -0.3 is 5.32 Å². The topological polar surface area (TPSA) is 12.0 Å². The van der Waals surface area contributed by atoms with Gasteiger partial charge in [0.25, 0.3) is 0 Å². The maximum Gasteiger partial charge on any atom is 0.0498 e. The van der Waals surface area contributed by atoms with Crippen LogP contribution in [0.3, 0.4) is 0 Å². The highest BCUT2D eigenvalue weighted by atomic mass is 79.9. The third-order valence-corrected chi connectivity index (χ3v) is 5.42. The van der Waals surface area contributed by atoms with Gasteiger partial charge in [0.2, 0.25) is 0 Å². The van der Waals surface area contributed by atoms with Crippen molar-refractivity contribution >= 4 is 53.5 Å². The molecule has 20 heavy (non-hydrogen) atoms. The fourth-order valence-electron chi connectivity index (χ4n) is 2.60. The van der Waals surface area contributed by atoms with Crippen LogP contribution in [0.15, 0.2) is 55.9 Å². The molecule has 0 spiro atoms. The van der Waals surface area contributed by atoms with Crippen LogP contribution in [0.5, 0.6) is 0 Å². The molecular formula is C16H14Br3N. The van der Waals surface area contributed by atoms with Gasteiger partial charge in [-0.25, -0.2) is 0 Å². The first-order chi connectivity index (χ1) is 9.61. The lowest BCUT2D eigenvalue weighted by molar-refractivity contribution is 0.374. The smallest absolute Gasteiger partial charge is 0.0498 e. The van der Waals surface area contributed by atoms with E-state index in [1.807, 2.05) is 6.07 Å². The van der Waals surface area contributed by atoms with Crippen LogP contribution in [0, 0.1) is 0 Å². The third kappa shape index (κ3) is 3.29. The van der Waals surface area contributed by atoms with Crippen molar-refractivity contribution in [3.05, 3.63) is 61.4 Å². The van der Waals surface area contributed by atoms with E-state index < -0.39 is 0 Å². The summed E-state index contributed by atoms with van der Waals surface area (Å²) in [4.78, 5) is 0. The maximum absolute atomic E-state index is 3.61. The molecule has 1 saturated carbocycles. The fraction of sp³-hybridized carbons (Fsp3) is 0.250. The van der Waals surface area contributed by atoms with Gasteiger partial charge >= 0.3 is 0 Å². The molecule has 0 amide bonds. The average molecular weight is 460 g/mol. The molecule has 2 aromatic carbocycles. The fourth-order valence-corrected chi connectivity index (χ4v) is 3.74. The van der Waals surface area contributed by atoms with Crippen molar-refractivity contribution in [2.45, 2.75) is 24.8 Å². The van der Waals surface area contributed by atoms with Crippen molar-refractivity contribution in [2.24, 2.45) is 0 Å². The summed E-state index contributed by atoms with van der Waals surface area (Å²) in [6.07, 6.45) is 2.38. The Kier molecular flexibility index (Phi) is 4.53. The van der Waals surface area contributed by atoms with E-state index in [4.69, 9.17) is 0 Å². The monoisotopic (exact) mass is 457 g/mol. The Bertz CT molecular complexity index is 621. The van der Waals surface area contributed by atoms with Crippen LogP contribution in [0.4, 0.5) is 5.69 Å². The van der Waals surface area contributed by atoms with Gasteiger partial charge in [0.15, 0.2) is 0 Å². The van der Waals surface area contributed by atoms with E-state index >= 15 is 0 Å². The number of nitrogens with one attached hydrogen (secondary N) is 1. The van der Waals surface area contributed by atoms with Gasteiger partial charge in [-0.2, -0.15) is 0 Å². The summed E-state index contributed by atoms with van der Waals surface area (Å²) in [6.45, 7) is 0. The van der Waals surface area contributed by atoms with Crippen molar-refractivity contribution in [3.8, 4) is 0 Å². The Labute approximate surface area is 144 Å². The van der Waals surface area contributed by atoms with E-state index in [9.17, 15) is 0 Å². The molecule has 4 heteroatoms. The normalized spacial score (nSPS) is 21.4. The van der Waals surface area contributed by atoms with Gasteiger partial charge in [-0.3, -0.25) is 0 Å². The molecule has 1 nitrogen and oxygen atoms in total.